The number of carbonyl (C=O) groups is 1. The number of benzene rings is 1. The van der Waals surface area contributed by atoms with Crippen LogP contribution in [0.25, 0.3) is 10.9 Å². The lowest BCUT2D eigenvalue weighted by molar-refractivity contribution is -0.384. The van der Waals surface area contributed by atoms with E-state index in [0.717, 1.165) is 4.47 Å². The van der Waals surface area contributed by atoms with Crippen molar-refractivity contribution < 1.29 is 14.5 Å². The van der Waals surface area contributed by atoms with E-state index in [1.807, 2.05) is 0 Å². The van der Waals surface area contributed by atoms with Crippen LogP contribution in [0.2, 0.25) is 5.15 Å². The highest BCUT2D eigenvalue weighted by Crippen LogP contribution is 2.38. The summed E-state index contributed by atoms with van der Waals surface area (Å²) in [4.78, 5) is 26.5. The van der Waals surface area contributed by atoms with Gasteiger partial charge in [0.2, 0.25) is 5.15 Å². The number of pyridine rings is 1. The van der Waals surface area contributed by atoms with Crippen molar-refractivity contribution in [1.29, 1.82) is 0 Å². The zero-order chi connectivity index (χ0) is 20.9. The minimum absolute atomic E-state index is 0.183. The Balaban J connectivity index is 2.09. The fourth-order valence-electron chi connectivity index (χ4n) is 2.33. The van der Waals surface area contributed by atoms with Crippen LogP contribution in [0.4, 0.5) is 16.2 Å². The molecule has 2 N–H and O–H groups in total. The third-order valence-electron chi connectivity index (χ3n) is 3.39. The Kier molecular flexibility index (Phi) is 7.20. The molecule has 0 aliphatic rings. The molecule has 28 heavy (non-hydrogen) atoms. The van der Waals surface area contributed by atoms with Gasteiger partial charge in [0, 0.05) is 22.9 Å². The number of nitro groups is 1. The molecule has 0 spiro atoms. The molecule has 1 aromatic carbocycles. The Hall–Kier alpha value is -2.39. The smallest absolute Gasteiger partial charge is 0.407 e. The summed E-state index contributed by atoms with van der Waals surface area (Å²) in [5, 5.41) is 17.4. The Morgan fingerprint density at radius 2 is 2.04 bits per heavy atom. The predicted molar refractivity (Wildman–Crippen MR) is 113 cm³/mol. The standard InChI is InChI=1S/C18H20BrClN4O4/c1-18(2,3)28-17(25)22-9-5-4-8-21-14-12-10-11(19)6-7-13(12)23-16(20)15(14)24(26)27/h4-7,10H,8-9H2,1-3H3,(H,21,23)(H,22,25)/b5-4+. The highest BCUT2D eigenvalue weighted by Gasteiger charge is 2.23. The van der Waals surface area contributed by atoms with Gasteiger partial charge >= 0.3 is 11.8 Å². The predicted octanol–water partition coefficient (Wildman–Crippen LogP) is 5.05. The summed E-state index contributed by atoms with van der Waals surface area (Å²) in [5.41, 5.74) is -0.0278. The van der Waals surface area contributed by atoms with E-state index in [9.17, 15) is 14.9 Å². The van der Waals surface area contributed by atoms with Gasteiger partial charge in [-0.25, -0.2) is 9.78 Å². The number of nitrogens with zero attached hydrogens (tertiary/aromatic N) is 2. The maximum absolute atomic E-state index is 11.6. The maximum Gasteiger partial charge on any atom is 0.407 e. The number of hydrogen-bond donors (Lipinski definition) is 2. The molecule has 0 radical (unpaired) electrons. The van der Waals surface area contributed by atoms with Crippen LogP contribution in [0.15, 0.2) is 34.8 Å². The van der Waals surface area contributed by atoms with Crippen LogP contribution in [0.5, 0.6) is 0 Å². The van der Waals surface area contributed by atoms with Crippen LogP contribution >= 0.6 is 27.5 Å². The summed E-state index contributed by atoms with van der Waals surface area (Å²) in [5.74, 6) is 0. The number of rotatable bonds is 6. The average molecular weight is 472 g/mol. The Morgan fingerprint density at radius 3 is 2.68 bits per heavy atom. The van der Waals surface area contributed by atoms with Gasteiger partial charge in [-0.15, -0.1) is 0 Å². The number of amides is 1. The highest BCUT2D eigenvalue weighted by atomic mass is 79.9. The number of halogens is 2. The van der Waals surface area contributed by atoms with Gasteiger partial charge in [-0.1, -0.05) is 39.7 Å². The lowest BCUT2D eigenvalue weighted by Crippen LogP contribution is -2.32. The van der Waals surface area contributed by atoms with E-state index >= 15 is 0 Å². The molecule has 0 aliphatic heterocycles. The number of hydrogen-bond acceptors (Lipinski definition) is 6. The molecule has 8 nitrogen and oxygen atoms in total. The van der Waals surface area contributed by atoms with Gasteiger partial charge < -0.3 is 15.4 Å². The number of fused-ring (bicyclic) bond motifs is 1. The van der Waals surface area contributed by atoms with Crippen molar-refractivity contribution in [3.63, 3.8) is 0 Å². The average Bonchev–Trinajstić information content (AvgIpc) is 2.56. The molecule has 2 rings (SSSR count). The van der Waals surface area contributed by atoms with Gasteiger partial charge in [0.1, 0.15) is 11.3 Å². The molecule has 150 valence electrons. The van der Waals surface area contributed by atoms with Crippen molar-refractivity contribution in [3.05, 3.63) is 50.1 Å². The van der Waals surface area contributed by atoms with Crippen molar-refractivity contribution >= 4 is 55.9 Å². The maximum atomic E-state index is 11.6. The molecule has 10 heteroatoms. The number of nitrogens with one attached hydrogen (secondary N) is 2. The minimum atomic E-state index is -0.565. The highest BCUT2D eigenvalue weighted by molar-refractivity contribution is 9.10. The van der Waals surface area contributed by atoms with E-state index in [1.54, 1.807) is 51.1 Å². The van der Waals surface area contributed by atoms with E-state index in [2.05, 4.69) is 31.5 Å². The Bertz CT molecular complexity index is 928. The summed E-state index contributed by atoms with van der Waals surface area (Å²) >= 11 is 9.37. The van der Waals surface area contributed by atoms with Crippen LogP contribution in [-0.2, 0) is 4.74 Å². The first-order chi connectivity index (χ1) is 13.1. The van der Waals surface area contributed by atoms with E-state index in [-0.39, 0.29) is 23.1 Å². The van der Waals surface area contributed by atoms with E-state index in [4.69, 9.17) is 16.3 Å². The summed E-state index contributed by atoms with van der Waals surface area (Å²) in [6, 6.07) is 5.24. The molecule has 0 bridgehead atoms. The molecule has 0 saturated carbocycles. The molecule has 0 aliphatic carbocycles. The van der Waals surface area contributed by atoms with Crippen LogP contribution in [0.3, 0.4) is 0 Å². The lowest BCUT2D eigenvalue weighted by atomic mass is 10.1. The van der Waals surface area contributed by atoms with E-state index < -0.39 is 16.6 Å². The monoisotopic (exact) mass is 470 g/mol. The molecule has 0 fully saturated rings. The summed E-state index contributed by atoms with van der Waals surface area (Å²) in [6.45, 7) is 5.90. The number of anilines is 1. The van der Waals surface area contributed by atoms with Gasteiger partial charge in [0.15, 0.2) is 0 Å². The minimum Gasteiger partial charge on any atom is -0.444 e. The molecular weight excluding hydrogens is 452 g/mol. The molecule has 1 aromatic heterocycles. The first-order valence-corrected chi connectivity index (χ1v) is 9.54. The van der Waals surface area contributed by atoms with E-state index in [0.29, 0.717) is 17.4 Å². The second-order valence-corrected chi connectivity index (χ2v) is 8.05. The fourth-order valence-corrected chi connectivity index (χ4v) is 2.94. The number of ether oxygens (including phenoxy) is 1. The second-order valence-electron chi connectivity index (χ2n) is 6.78. The second kappa shape index (κ2) is 9.20. The summed E-state index contributed by atoms with van der Waals surface area (Å²) < 4.78 is 5.89. The number of aromatic nitrogens is 1. The third kappa shape index (κ3) is 6.07. The van der Waals surface area contributed by atoms with Crippen LogP contribution < -0.4 is 10.6 Å². The molecular formula is C18H20BrClN4O4. The van der Waals surface area contributed by atoms with E-state index in [1.165, 1.54) is 0 Å². The molecule has 1 amide bonds. The number of alkyl carbamates (subject to hydrolysis) is 1. The third-order valence-corrected chi connectivity index (χ3v) is 4.14. The zero-order valence-corrected chi connectivity index (χ0v) is 17.9. The van der Waals surface area contributed by atoms with Crippen LogP contribution in [-0.4, -0.2) is 34.7 Å². The topological polar surface area (TPSA) is 106 Å². The van der Waals surface area contributed by atoms with Crippen molar-refractivity contribution in [2.75, 3.05) is 18.4 Å². The molecule has 1 heterocycles. The Labute approximate surface area is 175 Å². The quantitative estimate of drug-likeness (QED) is 0.264. The number of carbonyl (C=O) groups excluding carboxylic acids is 1. The van der Waals surface area contributed by atoms with Gasteiger partial charge in [-0.2, -0.15) is 0 Å². The first-order valence-electron chi connectivity index (χ1n) is 8.37. The van der Waals surface area contributed by atoms with Crippen molar-refractivity contribution in [2.45, 2.75) is 26.4 Å². The normalized spacial score (nSPS) is 11.6. The Morgan fingerprint density at radius 1 is 1.36 bits per heavy atom. The molecule has 2 aromatic rings. The van der Waals surface area contributed by atoms with Gasteiger partial charge in [-0.05, 0) is 39.0 Å². The van der Waals surface area contributed by atoms with Gasteiger partial charge in [0.05, 0.1) is 10.4 Å². The van der Waals surface area contributed by atoms with Gasteiger partial charge in [-0.3, -0.25) is 10.1 Å². The summed E-state index contributed by atoms with van der Waals surface area (Å²) in [6.07, 6.45) is 2.93. The van der Waals surface area contributed by atoms with Crippen molar-refractivity contribution in [2.24, 2.45) is 0 Å². The largest absolute Gasteiger partial charge is 0.444 e. The fraction of sp³-hybridized carbons (Fsp3) is 0.333. The zero-order valence-electron chi connectivity index (χ0n) is 15.6. The van der Waals surface area contributed by atoms with Crippen molar-refractivity contribution in [1.82, 2.24) is 10.3 Å². The molecule has 0 unspecified atom stereocenters. The molecule has 0 saturated heterocycles. The van der Waals surface area contributed by atoms with Crippen LogP contribution in [0, 0.1) is 10.1 Å². The van der Waals surface area contributed by atoms with Crippen LogP contribution in [0.1, 0.15) is 20.8 Å². The SMILES string of the molecule is CC(C)(C)OC(=O)NC/C=C/CNc1c([N+](=O)[O-])c(Cl)nc2ccc(Br)cc12. The first kappa shape index (κ1) is 21.9. The molecule has 0 atom stereocenters. The van der Waals surface area contributed by atoms with Crippen molar-refractivity contribution in [3.8, 4) is 0 Å². The lowest BCUT2D eigenvalue weighted by Gasteiger charge is -2.19. The van der Waals surface area contributed by atoms with Gasteiger partial charge in [0.25, 0.3) is 0 Å². The summed E-state index contributed by atoms with van der Waals surface area (Å²) in [7, 11) is 0.